The average molecular weight is 547 g/mol. The molecule has 0 bridgehead atoms. The van der Waals surface area contributed by atoms with Crippen molar-refractivity contribution in [3.8, 4) is 0 Å². The standard InChI is InChI=1S/C24H38FN3O2.HI/c1-3-26-23(28-15-11-22(12-16-28)30-18-6-17-29-2)27-19-24(13-4-5-14-24)20-7-9-21(25)10-8-20;/h7-10,22H,3-6,11-19H2,1-2H3,(H,26,27);1H. The van der Waals surface area contributed by atoms with Gasteiger partial charge in [0.05, 0.1) is 12.6 Å². The maximum atomic E-state index is 13.4. The van der Waals surface area contributed by atoms with Crippen molar-refractivity contribution in [2.24, 2.45) is 4.99 Å². The Labute approximate surface area is 204 Å². The van der Waals surface area contributed by atoms with Crippen LogP contribution in [0.25, 0.3) is 0 Å². The van der Waals surface area contributed by atoms with Crippen molar-refractivity contribution in [1.82, 2.24) is 10.2 Å². The molecule has 1 aliphatic carbocycles. The van der Waals surface area contributed by atoms with Crippen LogP contribution in [0.2, 0.25) is 0 Å². The number of guanidine groups is 1. The third-order valence-electron chi connectivity index (χ3n) is 6.47. The van der Waals surface area contributed by atoms with Crippen LogP contribution in [0.1, 0.15) is 57.4 Å². The summed E-state index contributed by atoms with van der Waals surface area (Å²) in [5.74, 6) is 0.833. The number of hydrogen-bond acceptors (Lipinski definition) is 3. The molecule has 0 unspecified atom stereocenters. The zero-order chi connectivity index (χ0) is 21.2. The van der Waals surface area contributed by atoms with Crippen LogP contribution >= 0.6 is 24.0 Å². The van der Waals surface area contributed by atoms with Gasteiger partial charge in [-0.25, -0.2) is 4.39 Å². The van der Waals surface area contributed by atoms with Crippen LogP contribution in [0.15, 0.2) is 29.3 Å². The number of likely N-dealkylation sites (tertiary alicyclic amines) is 1. The average Bonchev–Trinajstić information content (AvgIpc) is 3.25. The number of rotatable bonds is 9. The van der Waals surface area contributed by atoms with Gasteiger partial charge < -0.3 is 19.7 Å². The summed E-state index contributed by atoms with van der Waals surface area (Å²) in [5, 5.41) is 3.49. The van der Waals surface area contributed by atoms with Crippen molar-refractivity contribution in [3.63, 3.8) is 0 Å². The van der Waals surface area contributed by atoms with Crippen LogP contribution in [0.5, 0.6) is 0 Å². The predicted molar refractivity (Wildman–Crippen MR) is 135 cm³/mol. The van der Waals surface area contributed by atoms with Crippen LogP contribution in [-0.4, -0.2) is 63.5 Å². The van der Waals surface area contributed by atoms with E-state index in [1.165, 1.54) is 18.4 Å². The van der Waals surface area contributed by atoms with Crippen LogP contribution in [0.3, 0.4) is 0 Å². The van der Waals surface area contributed by atoms with E-state index in [1.807, 2.05) is 12.1 Å². The molecule has 7 heteroatoms. The number of methoxy groups -OCH3 is 1. The summed E-state index contributed by atoms with van der Waals surface area (Å²) in [6, 6.07) is 7.08. The van der Waals surface area contributed by atoms with Crippen molar-refractivity contribution in [2.45, 2.75) is 63.4 Å². The van der Waals surface area contributed by atoms with E-state index in [9.17, 15) is 4.39 Å². The molecule has 0 atom stereocenters. The third-order valence-corrected chi connectivity index (χ3v) is 6.47. The molecule has 3 rings (SSSR count). The summed E-state index contributed by atoms with van der Waals surface area (Å²) < 4.78 is 24.5. The number of nitrogens with zero attached hydrogens (tertiary/aromatic N) is 2. The normalized spacial score (nSPS) is 19.3. The lowest BCUT2D eigenvalue weighted by molar-refractivity contribution is 0.00989. The quantitative estimate of drug-likeness (QED) is 0.210. The summed E-state index contributed by atoms with van der Waals surface area (Å²) in [4.78, 5) is 7.45. The summed E-state index contributed by atoms with van der Waals surface area (Å²) in [5.41, 5.74) is 1.26. The molecular weight excluding hydrogens is 508 g/mol. The first-order valence-electron chi connectivity index (χ1n) is 11.6. The third kappa shape index (κ3) is 7.56. The van der Waals surface area contributed by atoms with Crippen LogP contribution in [0, 0.1) is 5.82 Å². The minimum absolute atomic E-state index is 0. The molecule has 1 saturated heterocycles. The lowest BCUT2D eigenvalue weighted by atomic mass is 9.79. The van der Waals surface area contributed by atoms with Gasteiger partial charge in [0.15, 0.2) is 5.96 Å². The van der Waals surface area contributed by atoms with Gasteiger partial charge in [-0.1, -0.05) is 25.0 Å². The lowest BCUT2D eigenvalue weighted by Crippen LogP contribution is -2.47. The lowest BCUT2D eigenvalue weighted by Gasteiger charge is -2.35. The summed E-state index contributed by atoms with van der Waals surface area (Å²) in [6.45, 7) is 7.18. The molecule has 0 amide bonds. The molecule has 0 radical (unpaired) electrons. The topological polar surface area (TPSA) is 46.1 Å². The summed E-state index contributed by atoms with van der Waals surface area (Å²) in [6.07, 6.45) is 8.02. The molecule has 1 saturated carbocycles. The second-order valence-electron chi connectivity index (χ2n) is 8.57. The van der Waals surface area contributed by atoms with Gasteiger partial charge >= 0.3 is 0 Å². The van der Waals surface area contributed by atoms with E-state index in [1.54, 1.807) is 19.2 Å². The SMILES string of the molecule is CCNC(=NCC1(c2ccc(F)cc2)CCCC1)N1CCC(OCCCOC)CC1.I. The zero-order valence-electron chi connectivity index (χ0n) is 19.1. The molecule has 176 valence electrons. The molecule has 1 N–H and O–H groups in total. The van der Waals surface area contributed by atoms with E-state index >= 15 is 0 Å². The van der Waals surface area contributed by atoms with Gasteiger partial charge in [0.1, 0.15) is 5.82 Å². The Kier molecular flexibility index (Phi) is 11.5. The highest BCUT2D eigenvalue weighted by Crippen LogP contribution is 2.41. The van der Waals surface area contributed by atoms with E-state index in [4.69, 9.17) is 14.5 Å². The molecule has 5 nitrogen and oxygen atoms in total. The minimum Gasteiger partial charge on any atom is -0.385 e. The first-order chi connectivity index (χ1) is 14.7. The highest BCUT2D eigenvalue weighted by molar-refractivity contribution is 14.0. The Bertz CT molecular complexity index is 657. The molecule has 1 aliphatic heterocycles. The van der Waals surface area contributed by atoms with E-state index < -0.39 is 0 Å². The van der Waals surface area contributed by atoms with Gasteiger partial charge in [0.2, 0.25) is 0 Å². The van der Waals surface area contributed by atoms with Gasteiger partial charge in [0.25, 0.3) is 0 Å². The smallest absolute Gasteiger partial charge is 0.193 e. The molecule has 1 aromatic rings. The Morgan fingerprint density at radius 3 is 2.45 bits per heavy atom. The first kappa shape index (κ1) is 26.3. The molecule has 0 spiro atoms. The van der Waals surface area contributed by atoms with E-state index in [0.29, 0.717) is 6.10 Å². The fourth-order valence-corrected chi connectivity index (χ4v) is 4.73. The zero-order valence-corrected chi connectivity index (χ0v) is 21.4. The molecule has 1 aromatic carbocycles. The van der Waals surface area contributed by atoms with Gasteiger partial charge in [-0.15, -0.1) is 24.0 Å². The Hall–Kier alpha value is -0.930. The maximum Gasteiger partial charge on any atom is 0.193 e. The second-order valence-corrected chi connectivity index (χ2v) is 8.57. The number of nitrogens with one attached hydrogen (secondary N) is 1. The van der Waals surface area contributed by atoms with Crippen LogP contribution in [-0.2, 0) is 14.9 Å². The number of benzene rings is 1. The number of hydrogen-bond donors (Lipinski definition) is 1. The highest BCUT2D eigenvalue weighted by Gasteiger charge is 2.36. The predicted octanol–water partition coefficient (Wildman–Crippen LogP) is 4.74. The first-order valence-corrected chi connectivity index (χ1v) is 11.6. The molecule has 1 heterocycles. The van der Waals surface area contributed by atoms with Gasteiger partial charge in [-0.05, 0) is 56.7 Å². The molecule has 0 aromatic heterocycles. The number of halogens is 2. The molecular formula is C24H39FIN3O2. The van der Waals surface area contributed by atoms with E-state index in [2.05, 4.69) is 17.1 Å². The van der Waals surface area contributed by atoms with Crippen LogP contribution < -0.4 is 5.32 Å². The van der Waals surface area contributed by atoms with Crippen molar-refractivity contribution >= 4 is 29.9 Å². The van der Waals surface area contributed by atoms with Gasteiger partial charge in [-0.2, -0.15) is 0 Å². The Balaban J connectivity index is 0.00000341. The van der Waals surface area contributed by atoms with Crippen LogP contribution in [0.4, 0.5) is 4.39 Å². The largest absolute Gasteiger partial charge is 0.385 e. The highest BCUT2D eigenvalue weighted by atomic mass is 127. The van der Waals surface area contributed by atoms with Crippen molar-refractivity contribution < 1.29 is 13.9 Å². The molecule has 2 fully saturated rings. The fraction of sp³-hybridized carbons (Fsp3) is 0.708. The molecule has 2 aliphatic rings. The van der Waals surface area contributed by atoms with Crippen molar-refractivity contribution in [1.29, 1.82) is 0 Å². The number of piperidine rings is 1. The second kappa shape index (κ2) is 13.6. The minimum atomic E-state index is -0.170. The number of ether oxygens (including phenoxy) is 2. The molecule has 31 heavy (non-hydrogen) atoms. The summed E-state index contributed by atoms with van der Waals surface area (Å²) in [7, 11) is 1.73. The summed E-state index contributed by atoms with van der Waals surface area (Å²) >= 11 is 0. The van der Waals surface area contributed by atoms with Gasteiger partial charge in [0, 0.05) is 45.4 Å². The number of aliphatic imine (C=N–C) groups is 1. The van der Waals surface area contributed by atoms with Crippen molar-refractivity contribution in [2.75, 3.05) is 46.5 Å². The van der Waals surface area contributed by atoms with Crippen molar-refractivity contribution in [3.05, 3.63) is 35.6 Å². The maximum absolute atomic E-state index is 13.4. The fourth-order valence-electron chi connectivity index (χ4n) is 4.73. The van der Waals surface area contributed by atoms with E-state index in [-0.39, 0.29) is 35.2 Å². The monoisotopic (exact) mass is 547 g/mol. The Morgan fingerprint density at radius 2 is 1.84 bits per heavy atom. The Morgan fingerprint density at radius 1 is 1.16 bits per heavy atom. The van der Waals surface area contributed by atoms with Gasteiger partial charge in [-0.3, -0.25) is 4.99 Å². The van der Waals surface area contributed by atoms with E-state index in [0.717, 1.165) is 77.5 Å².